The van der Waals surface area contributed by atoms with Gasteiger partial charge in [0.2, 0.25) is 0 Å². The quantitative estimate of drug-likeness (QED) is 0.612. The Labute approximate surface area is 132 Å². The Morgan fingerprint density at radius 1 is 1.15 bits per heavy atom. The molecule has 0 fully saturated rings. The van der Waals surface area contributed by atoms with Crippen LogP contribution in [0.2, 0.25) is 0 Å². The van der Waals surface area contributed by atoms with E-state index < -0.39 is 0 Å². The van der Waals surface area contributed by atoms with E-state index in [1.807, 2.05) is 6.07 Å². The first-order valence-electron chi connectivity index (χ1n) is 5.64. The fraction of sp³-hybridized carbons (Fsp3) is 0. The lowest BCUT2D eigenvalue weighted by Gasteiger charge is -2.02. The normalized spacial score (nSPS) is 10.7. The number of phenols is 1. The number of amides is 1. The molecule has 0 saturated heterocycles. The molecule has 0 aliphatic heterocycles. The van der Waals surface area contributed by atoms with Crippen LogP contribution in [0.4, 0.5) is 0 Å². The Morgan fingerprint density at radius 3 is 2.55 bits per heavy atom. The van der Waals surface area contributed by atoms with Crippen LogP contribution in [-0.2, 0) is 0 Å². The summed E-state index contributed by atoms with van der Waals surface area (Å²) in [5, 5.41) is 13.5. The SMILES string of the molecule is O=C(N/N=C\c1cc(O)c(Br)cc1Br)c1ccccc1. The van der Waals surface area contributed by atoms with E-state index in [-0.39, 0.29) is 11.7 Å². The molecule has 0 bridgehead atoms. The molecule has 0 unspecified atom stereocenters. The van der Waals surface area contributed by atoms with Crippen LogP contribution in [0.25, 0.3) is 0 Å². The van der Waals surface area contributed by atoms with Gasteiger partial charge in [-0.2, -0.15) is 5.10 Å². The summed E-state index contributed by atoms with van der Waals surface area (Å²) in [4.78, 5) is 11.7. The van der Waals surface area contributed by atoms with Crippen molar-refractivity contribution in [1.82, 2.24) is 5.43 Å². The van der Waals surface area contributed by atoms with Gasteiger partial charge >= 0.3 is 0 Å². The number of carbonyl (C=O) groups excluding carboxylic acids is 1. The summed E-state index contributed by atoms with van der Waals surface area (Å²) in [6.45, 7) is 0. The van der Waals surface area contributed by atoms with E-state index in [4.69, 9.17) is 0 Å². The molecule has 0 saturated carbocycles. The minimum Gasteiger partial charge on any atom is -0.507 e. The number of nitrogens with zero attached hydrogens (tertiary/aromatic N) is 1. The largest absolute Gasteiger partial charge is 0.507 e. The highest BCUT2D eigenvalue weighted by molar-refractivity contribution is 9.11. The molecule has 4 nitrogen and oxygen atoms in total. The minimum atomic E-state index is -0.292. The fourth-order valence-corrected chi connectivity index (χ4v) is 2.56. The van der Waals surface area contributed by atoms with Crippen LogP contribution in [0.5, 0.6) is 5.75 Å². The lowest BCUT2D eigenvalue weighted by molar-refractivity contribution is 0.0955. The summed E-state index contributed by atoms with van der Waals surface area (Å²) < 4.78 is 1.33. The van der Waals surface area contributed by atoms with E-state index >= 15 is 0 Å². The third kappa shape index (κ3) is 3.68. The number of aromatic hydroxyl groups is 1. The third-order valence-corrected chi connectivity index (χ3v) is 3.79. The predicted octanol–water partition coefficient (Wildman–Crippen LogP) is 3.68. The van der Waals surface area contributed by atoms with E-state index in [9.17, 15) is 9.90 Å². The van der Waals surface area contributed by atoms with Crippen molar-refractivity contribution in [2.75, 3.05) is 0 Å². The van der Waals surface area contributed by atoms with E-state index in [1.165, 1.54) is 12.3 Å². The van der Waals surface area contributed by atoms with Crippen molar-refractivity contribution in [3.8, 4) is 5.75 Å². The average molecular weight is 398 g/mol. The van der Waals surface area contributed by atoms with Gasteiger partial charge in [-0.1, -0.05) is 34.1 Å². The standard InChI is InChI=1S/C14H10Br2N2O2/c15-11-7-12(16)13(19)6-10(11)8-17-18-14(20)9-4-2-1-3-5-9/h1-8,19H,(H,18,20)/b17-8-. The number of rotatable bonds is 3. The number of benzene rings is 2. The molecule has 0 aliphatic rings. The summed E-state index contributed by atoms with van der Waals surface area (Å²) in [7, 11) is 0. The molecular weight excluding hydrogens is 388 g/mol. The van der Waals surface area contributed by atoms with Gasteiger partial charge in [0, 0.05) is 15.6 Å². The summed E-state index contributed by atoms with van der Waals surface area (Å²) >= 11 is 6.56. The molecular formula is C14H10Br2N2O2. The number of carbonyl (C=O) groups is 1. The van der Waals surface area contributed by atoms with Crippen molar-refractivity contribution in [3.63, 3.8) is 0 Å². The van der Waals surface area contributed by atoms with Gasteiger partial charge in [-0.05, 0) is 40.2 Å². The average Bonchev–Trinajstić information content (AvgIpc) is 2.45. The van der Waals surface area contributed by atoms with Gasteiger partial charge in [-0.25, -0.2) is 5.43 Å². The van der Waals surface area contributed by atoms with Gasteiger partial charge in [-0.15, -0.1) is 0 Å². The number of phenolic OH excluding ortho intramolecular Hbond substituents is 1. The second-order valence-corrected chi connectivity index (χ2v) is 5.60. The Bertz CT molecular complexity index is 658. The molecule has 0 heterocycles. The van der Waals surface area contributed by atoms with Gasteiger partial charge in [-0.3, -0.25) is 4.79 Å². The maximum Gasteiger partial charge on any atom is 0.271 e. The van der Waals surface area contributed by atoms with E-state index in [0.29, 0.717) is 15.6 Å². The van der Waals surface area contributed by atoms with Gasteiger partial charge in [0.05, 0.1) is 10.7 Å². The zero-order chi connectivity index (χ0) is 14.5. The molecule has 2 rings (SSSR count). The molecule has 2 N–H and O–H groups in total. The van der Waals surface area contributed by atoms with Crippen LogP contribution in [-0.4, -0.2) is 17.2 Å². The van der Waals surface area contributed by atoms with Gasteiger partial charge < -0.3 is 5.11 Å². The first-order valence-corrected chi connectivity index (χ1v) is 7.23. The van der Waals surface area contributed by atoms with Crippen molar-refractivity contribution in [1.29, 1.82) is 0 Å². The summed E-state index contributed by atoms with van der Waals surface area (Å²) in [6.07, 6.45) is 1.46. The van der Waals surface area contributed by atoms with E-state index in [2.05, 4.69) is 42.4 Å². The molecule has 0 atom stereocenters. The monoisotopic (exact) mass is 396 g/mol. The number of hydrogen-bond acceptors (Lipinski definition) is 3. The van der Waals surface area contributed by atoms with Crippen molar-refractivity contribution in [2.45, 2.75) is 0 Å². The van der Waals surface area contributed by atoms with Crippen molar-refractivity contribution in [3.05, 3.63) is 62.5 Å². The molecule has 6 heteroatoms. The minimum absolute atomic E-state index is 0.101. The molecule has 1 amide bonds. The molecule has 2 aromatic carbocycles. The molecule has 20 heavy (non-hydrogen) atoms. The molecule has 0 aliphatic carbocycles. The highest BCUT2D eigenvalue weighted by atomic mass is 79.9. The Morgan fingerprint density at radius 2 is 1.85 bits per heavy atom. The van der Waals surface area contributed by atoms with Crippen LogP contribution in [0.3, 0.4) is 0 Å². The fourth-order valence-electron chi connectivity index (χ4n) is 1.47. The molecule has 102 valence electrons. The van der Waals surface area contributed by atoms with Crippen molar-refractivity contribution >= 4 is 44.0 Å². The number of hydrazone groups is 1. The van der Waals surface area contributed by atoms with Crippen molar-refractivity contribution < 1.29 is 9.90 Å². The van der Waals surface area contributed by atoms with Crippen LogP contribution in [0.1, 0.15) is 15.9 Å². The van der Waals surface area contributed by atoms with Gasteiger partial charge in [0.15, 0.2) is 0 Å². The second-order valence-electron chi connectivity index (χ2n) is 3.89. The summed E-state index contributed by atoms with van der Waals surface area (Å²) in [5.41, 5.74) is 3.61. The maximum atomic E-state index is 11.7. The maximum absolute atomic E-state index is 11.7. The summed E-state index contributed by atoms with van der Waals surface area (Å²) in [5.74, 6) is -0.191. The smallest absolute Gasteiger partial charge is 0.271 e. The van der Waals surface area contributed by atoms with Crippen LogP contribution < -0.4 is 5.43 Å². The molecule has 0 radical (unpaired) electrons. The topological polar surface area (TPSA) is 61.7 Å². The van der Waals surface area contributed by atoms with Crippen molar-refractivity contribution in [2.24, 2.45) is 5.10 Å². The highest BCUT2D eigenvalue weighted by Gasteiger charge is 2.05. The van der Waals surface area contributed by atoms with E-state index in [1.54, 1.807) is 30.3 Å². The summed E-state index contributed by atoms with van der Waals surface area (Å²) in [6, 6.07) is 12.0. The first kappa shape index (κ1) is 14.7. The van der Waals surface area contributed by atoms with Crippen LogP contribution in [0.15, 0.2) is 56.5 Å². The van der Waals surface area contributed by atoms with Crippen LogP contribution in [0, 0.1) is 0 Å². The zero-order valence-corrected chi connectivity index (χ0v) is 13.3. The number of nitrogens with one attached hydrogen (secondary N) is 1. The third-order valence-electron chi connectivity index (χ3n) is 2.47. The van der Waals surface area contributed by atoms with E-state index in [0.717, 1.165) is 4.47 Å². The lowest BCUT2D eigenvalue weighted by Crippen LogP contribution is -2.17. The Balaban J connectivity index is 2.08. The Hall–Kier alpha value is -1.66. The first-order chi connectivity index (χ1) is 9.58. The lowest BCUT2D eigenvalue weighted by atomic mass is 10.2. The van der Waals surface area contributed by atoms with Gasteiger partial charge in [0.1, 0.15) is 5.75 Å². The molecule has 0 aromatic heterocycles. The Kier molecular flexibility index (Phi) is 4.92. The highest BCUT2D eigenvalue weighted by Crippen LogP contribution is 2.29. The number of halogens is 2. The number of hydrogen-bond donors (Lipinski definition) is 2. The van der Waals surface area contributed by atoms with Gasteiger partial charge in [0.25, 0.3) is 5.91 Å². The molecule has 2 aromatic rings. The second kappa shape index (κ2) is 6.67. The molecule has 0 spiro atoms. The predicted molar refractivity (Wildman–Crippen MR) is 85.0 cm³/mol. The van der Waals surface area contributed by atoms with Crippen LogP contribution >= 0.6 is 31.9 Å². The zero-order valence-electron chi connectivity index (χ0n) is 10.2.